The Labute approximate surface area is 73.0 Å². The molecule has 0 aliphatic heterocycles. The van der Waals surface area contributed by atoms with E-state index in [2.05, 4.69) is 12.0 Å². The lowest BCUT2D eigenvalue weighted by atomic mass is 10.2. The first-order valence-corrected chi connectivity index (χ1v) is 3.44. The maximum absolute atomic E-state index is 5.68. The van der Waals surface area contributed by atoms with Crippen molar-refractivity contribution in [3.8, 4) is 0 Å². The highest BCUT2D eigenvalue weighted by Crippen LogP contribution is 2.13. The second-order valence-corrected chi connectivity index (χ2v) is 2.43. The van der Waals surface area contributed by atoms with Crippen molar-refractivity contribution in [3.05, 3.63) is 11.3 Å². The van der Waals surface area contributed by atoms with E-state index in [9.17, 15) is 0 Å². The van der Waals surface area contributed by atoms with Gasteiger partial charge in [-0.3, -0.25) is 4.68 Å². The zero-order valence-corrected chi connectivity index (χ0v) is 7.90. The van der Waals surface area contributed by atoms with Gasteiger partial charge in [-0.15, -0.1) is 12.4 Å². The SMILES string of the molecule is CCc1nn(C)c(N)c1C.Cl. The van der Waals surface area contributed by atoms with E-state index in [-0.39, 0.29) is 12.4 Å². The third kappa shape index (κ3) is 1.66. The normalized spacial score (nSPS) is 9.36. The van der Waals surface area contributed by atoms with Crippen molar-refractivity contribution >= 4 is 18.2 Å². The molecule has 0 amide bonds. The van der Waals surface area contributed by atoms with Crippen LogP contribution in [0.2, 0.25) is 0 Å². The summed E-state index contributed by atoms with van der Waals surface area (Å²) in [5.41, 5.74) is 7.89. The summed E-state index contributed by atoms with van der Waals surface area (Å²) in [5.74, 6) is 0.775. The molecule has 4 heteroatoms. The van der Waals surface area contributed by atoms with Gasteiger partial charge in [0.25, 0.3) is 0 Å². The summed E-state index contributed by atoms with van der Waals surface area (Å²) in [6.45, 7) is 4.08. The minimum atomic E-state index is 0. The Hall–Kier alpha value is -0.700. The Bertz CT molecular complexity index is 242. The van der Waals surface area contributed by atoms with E-state index in [4.69, 9.17) is 5.73 Å². The summed E-state index contributed by atoms with van der Waals surface area (Å²) < 4.78 is 1.72. The van der Waals surface area contributed by atoms with Gasteiger partial charge in [0.15, 0.2) is 0 Å². The van der Waals surface area contributed by atoms with Crippen molar-refractivity contribution in [1.82, 2.24) is 9.78 Å². The van der Waals surface area contributed by atoms with Gasteiger partial charge in [0.2, 0.25) is 0 Å². The molecule has 64 valence electrons. The molecule has 0 saturated carbocycles. The van der Waals surface area contributed by atoms with Crippen LogP contribution in [0.25, 0.3) is 0 Å². The van der Waals surface area contributed by atoms with E-state index >= 15 is 0 Å². The predicted molar refractivity (Wildman–Crippen MR) is 49.0 cm³/mol. The van der Waals surface area contributed by atoms with E-state index in [1.165, 1.54) is 0 Å². The zero-order chi connectivity index (χ0) is 7.72. The van der Waals surface area contributed by atoms with E-state index in [1.807, 2.05) is 14.0 Å². The molecule has 0 aliphatic rings. The number of nitrogens with two attached hydrogens (primary N) is 1. The lowest BCUT2D eigenvalue weighted by molar-refractivity contribution is 0.755. The standard InChI is InChI=1S/C7H13N3.ClH/c1-4-6-5(2)7(8)10(3)9-6;/h4,8H2,1-3H3;1H. The molecule has 1 aromatic heterocycles. The van der Waals surface area contributed by atoms with Crippen LogP contribution in [0.15, 0.2) is 0 Å². The number of rotatable bonds is 1. The molecule has 0 aromatic carbocycles. The van der Waals surface area contributed by atoms with E-state index in [0.29, 0.717) is 0 Å². The topological polar surface area (TPSA) is 43.8 Å². The van der Waals surface area contributed by atoms with E-state index < -0.39 is 0 Å². The fourth-order valence-electron chi connectivity index (χ4n) is 1.04. The lowest BCUT2D eigenvalue weighted by Crippen LogP contribution is -1.97. The van der Waals surface area contributed by atoms with Crippen LogP contribution < -0.4 is 5.73 Å². The highest BCUT2D eigenvalue weighted by atomic mass is 35.5. The molecule has 0 saturated heterocycles. The number of nitrogens with zero attached hydrogens (tertiary/aromatic N) is 2. The first-order chi connectivity index (χ1) is 4.66. The van der Waals surface area contributed by atoms with Crippen molar-refractivity contribution in [3.63, 3.8) is 0 Å². The van der Waals surface area contributed by atoms with Crippen LogP contribution in [0.5, 0.6) is 0 Å². The number of hydrogen-bond acceptors (Lipinski definition) is 2. The van der Waals surface area contributed by atoms with Crippen LogP contribution in [-0.2, 0) is 13.5 Å². The van der Waals surface area contributed by atoms with Gasteiger partial charge in [-0.2, -0.15) is 5.10 Å². The minimum absolute atomic E-state index is 0. The molecule has 0 unspecified atom stereocenters. The number of anilines is 1. The summed E-state index contributed by atoms with van der Waals surface area (Å²) >= 11 is 0. The summed E-state index contributed by atoms with van der Waals surface area (Å²) in [5, 5.41) is 4.22. The molecule has 0 radical (unpaired) electrons. The fraction of sp³-hybridized carbons (Fsp3) is 0.571. The van der Waals surface area contributed by atoms with Crippen molar-refractivity contribution < 1.29 is 0 Å². The summed E-state index contributed by atoms with van der Waals surface area (Å²) in [4.78, 5) is 0. The Balaban J connectivity index is 0.000001000. The molecule has 0 spiro atoms. The first kappa shape index (κ1) is 10.3. The number of nitrogen functional groups attached to an aromatic ring is 1. The molecule has 1 rings (SSSR count). The molecule has 3 nitrogen and oxygen atoms in total. The van der Waals surface area contributed by atoms with Gasteiger partial charge in [-0.25, -0.2) is 0 Å². The minimum Gasteiger partial charge on any atom is -0.384 e. The van der Waals surface area contributed by atoms with Crippen molar-refractivity contribution in [1.29, 1.82) is 0 Å². The first-order valence-electron chi connectivity index (χ1n) is 3.44. The quantitative estimate of drug-likeness (QED) is 0.699. The third-order valence-electron chi connectivity index (χ3n) is 1.77. The zero-order valence-electron chi connectivity index (χ0n) is 7.09. The molecular formula is C7H14ClN3. The van der Waals surface area contributed by atoms with Crippen LogP contribution in [0.1, 0.15) is 18.2 Å². The summed E-state index contributed by atoms with van der Waals surface area (Å²) in [6, 6.07) is 0. The molecule has 0 bridgehead atoms. The van der Waals surface area contributed by atoms with Crippen LogP contribution in [-0.4, -0.2) is 9.78 Å². The molecule has 0 fully saturated rings. The number of hydrogen-bond donors (Lipinski definition) is 1. The average Bonchev–Trinajstić information content (AvgIpc) is 2.17. The van der Waals surface area contributed by atoms with Crippen LogP contribution in [0.3, 0.4) is 0 Å². The Morgan fingerprint density at radius 2 is 2.09 bits per heavy atom. The molecule has 0 atom stereocenters. The smallest absolute Gasteiger partial charge is 0.124 e. The van der Waals surface area contributed by atoms with Gasteiger partial charge in [0, 0.05) is 12.6 Å². The third-order valence-corrected chi connectivity index (χ3v) is 1.77. The van der Waals surface area contributed by atoms with E-state index in [1.54, 1.807) is 4.68 Å². The maximum Gasteiger partial charge on any atom is 0.124 e. The molecule has 0 aliphatic carbocycles. The van der Waals surface area contributed by atoms with Crippen LogP contribution in [0.4, 0.5) is 5.82 Å². The monoisotopic (exact) mass is 175 g/mol. The van der Waals surface area contributed by atoms with Crippen LogP contribution >= 0.6 is 12.4 Å². The second-order valence-electron chi connectivity index (χ2n) is 2.43. The van der Waals surface area contributed by atoms with Gasteiger partial charge >= 0.3 is 0 Å². The number of aryl methyl sites for hydroxylation is 2. The fourth-order valence-corrected chi connectivity index (χ4v) is 1.04. The summed E-state index contributed by atoms with van der Waals surface area (Å²) in [6.07, 6.45) is 0.955. The van der Waals surface area contributed by atoms with Crippen molar-refractivity contribution in [2.45, 2.75) is 20.3 Å². The predicted octanol–water partition coefficient (Wildman–Crippen LogP) is 1.29. The van der Waals surface area contributed by atoms with Gasteiger partial charge in [0.1, 0.15) is 5.82 Å². The number of aromatic nitrogens is 2. The maximum atomic E-state index is 5.68. The number of halogens is 1. The average molecular weight is 176 g/mol. The van der Waals surface area contributed by atoms with Gasteiger partial charge < -0.3 is 5.73 Å². The Kier molecular flexibility index (Phi) is 3.39. The highest BCUT2D eigenvalue weighted by molar-refractivity contribution is 5.85. The largest absolute Gasteiger partial charge is 0.384 e. The van der Waals surface area contributed by atoms with Crippen LogP contribution in [0, 0.1) is 6.92 Å². The van der Waals surface area contributed by atoms with Gasteiger partial charge in [-0.05, 0) is 13.3 Å². The van der Waals surface area contributed by atoms with Crippen molar-refractivity contribution in [2.24, 2.45) is 7.05 Å². The molecule has 1 heterocycles. The molecule has 2 N–H and O–H groups in total. The Morgan fingerprint density at radius 1 is 1.55 bits per heavy atom. The van der Waals surface area contributed by atoms with Crippen molar-refractivity contribution in [2.75, 3.05) is 5.73 Å². The highest BCUT2D eigenvalue weighted by Gasteiger charge is 2.05. The van der Waals surface area contributed by atoms with E-state index in [0.717, 1.165) is 23.5 Å². The molecule has 1 aromatic rings. The molecular weight excluding hydrogens is 162 g/mol. The lowest BCUT2D eigenvalue weighted by Gasteiger charge is -1.91. The second kappa shape index (κ2) is 3.62. The summed E-state index contributed by atoms with van der Waals surface area (Å²) in [7, 11) is 1.86. The molecule has 11 heavy (non-hydrogen) atoms. The van der Waals surface area contributed by atoms with Gasteiger partial charge in [-0.1, -0.05) is 6.92 Å². The Morgan fingerprint density at radius 3 is 2.27 bits per heavy atom. The van der Waals surface area contributed by atoms with Gasteiger partial charge in [0.05, 0.1) is 5.69 Å².